The normalized spacial score (nSPS) is 13.4. The maximum Gasteiger partial charge on any atom is 0.472 e. The van der Waals surface area contributed by atoms with Gasteiger partial charge in [-0.25, -0.2) is 4.57 Å². The number of phosphoric ester groups is 1. The first-order chi connectivity index (χ1) is 44.0. The highest BCUT2D eigenvalue weighted by Gasteiger charge is 2.27. The SMILES string of the molecule is CC/C=C\C/C=C\C/C=C\C/C=C\C/C=C\CCCCCCCCCCCCCCCCCCCCCCCC(=O)OC(COC(=O)CCCCCCCCCCCCCCCCCCCCCCCCCCCCCCC)COP(=O)(O)OCC[N+](C)(C)C. The smallest absolute Gasteiger partial charge is 0.462 e. The fourth-order valence-electron chi connectivity index (χ4n) is 11.6. The van der Waals surface area contributed by atoms with E-state index in [1.807, 2.05) is 21.1 Å². The number of esters is 2. The van der Waals surface area contributed by atoms with Gasteiger partial charge < -0.3 is 18.9 Å². The molecule has 0 aliphatic heterocycles. The van der Waals surface area contributed by atoms with Crippen molar-refractivity contribution in [2.24, 2.45) is 0 Å². The van der Waals surface area contributed by atoms with E-state index in [2.05, 4.69) is 74.6 Å². The molecule has 0 saturated carbocycles. The van der Waals surface area contributed by atoms with Gasteiger partial charge in [0, 0.05) is 12.8 Å². The first-order valence-corrected chi connectivity index (χ1v) is 40.5. The minimum absolute atomic E-state index is 0.0344. The summed E-state index contributed by atoms with van der Waals surface area (Å²) in [6, 6.07) is 0. The van der Waals surface area contributed by atoms with Crippen molar-refractivity contribution >= 4 is 19.8 Å². The maximum atomic E-state index is 12.9. The molecule has 0 saturated heterocycles. The van der Waals surface area contributed by atoms with Gasteiger partial charge >= 0.3 is 19.8 Å². The zero-order chi connectivity index (χ0) is 65.5. The van der Waals surface area contributed by atoms with E-state index in [4.69, 9.17) is 18.5 Å². The van der Waals surface area contributed by atoms with Crippen LogP contribution >= 0.6 is 7.82 Å². The first kappa shape index (κ1) is 87.7. The molecular formula is C80H151NO8P+. The lowest BCUT2D eigenvalue weighted by atomic mass is 10.0. The fourth-order valence-corrected chi connectivity index (χ4v) is 12.4. The molecule has 0 aliphatic carbocycles. The Morgan fingerprint density at radius 3 is 0.944 bits per heavy atom. The molecule has 90 heavy (non-hydrogen) atoms. The zero-order valence-corrected chi connectivity index (χ0v) is 61.3. The molecule has 0 aromatic carbocycles. The monoisotopic (exact) mass is 1290 g/mol. The molecule has 0 heterocycles. The van der Waals surface area contributed by atoms with Crippen molar-refractivity contribution in [2.75, 3.05) is 47.5 Å². The Hall–Kier alpha value is -2.29. The second kappa shape index (κ2) is 71.0. The van der Waals surface area contributed by atoms with E-state index < -0.39 is 26.5 Å². The van der Waals surface area contributed by atoms with Crippen molar-refractivity contribution in [3.05, 3.63) is 60.8 Å². The first-order valence-electron chi connectivity index (χ1n) is 39.0. The number of nitrogens with zero attached hydrogens (tertiary/aromatic N) is 1. The Balaban J connectivity index is 3.93. The van der Waals surface area contributed by atoms with Crippen molar-refractivity contribution in [1.29, 1.82) is 0 Å². The molecule has 0 amide bonds. The number of allylic oxidation sites excluding steroid dienone is 10. The minimum atomic E-state index is -4.39. The van der Waals surface area contributed by atoms with Crippen molar-refractivity contribution in [3.63, 3.8) is 0 Å². The van der Waals surface area contributed by atoms with Crippen LogP contribution in [0.3, 0.4) is 0 Å². The van der Waals surface area contributed by atoms with Crippen LogP contribution in [0.15, 0.2) is 60.8 Å². The Morgan fingerprint density at radius 2 is 0.633 bits per heavy atom. The molecule has 2 unspecified atom stereocenters. The Kier molecular flexibility index (Phi) is 69.2. The Labute approximate surface area is 559 Å². The highest BCUT2D eigenvalue weighted by molar-refractivity contribution is 7.47. The molecule has 0 aliphatic rings. The summed E-state index contributed by atoms with van der Waals surface area (Å²) in [5.41, 5.74) is 0. The highest BCUT2D eigenvalue weighted by atomic mass is 31.2. The second-order valence-electron chi connectivity index (χ2n) is 27.7. The number of ether oxygens (including phenoxy) is 2. The second-order valence-corrected chi connectivity index (χ2v) is 29.2. The van der Waals surface area contributed by atoms with Crippen molar-refractivity contribution < 1.29 is 42.1 Å². The van der Waals surface area contributed by atoms with E-state index in [1.165, 1.54) is 289 Å². The number of carbonyl (C=O) groups is 2. The van der Waals surface area contributed by atoms with Gasteiger partial charge in [-0.2, -0.15) is 0 Å². The molecular weight excluding hydrogens is 1130 g/mol. The van der Waals surface area contributed by atoms with Crippen LogP contribution in [0.1, 0.15) is 386 Å². The zero-order valence-electron chi connectivity index (χ0n) is 60.4. The molecule has 9 nitrogen and oxygen atoms in total. The van der Waals surface area contributed by atoms with Crippen LogP contribution in [0.4, 0.5) is 0 Å². The lowest BCUT2D eigenvalue weighted by molar-refractivity contribution is -0.870. The molecule has 0 radical (unpaired) electrons. The van der Waals surface area contributed by atoms with Gasteiger partial charge in [-0.1, -0.05) is 376 Å². The summed E-state index contributed by atoms with van der Waals surface area (Å²) in [7, 11) is 1.50. The van der Waals surface area contributed by atoms with Gasteiger partial charge in [0.2, 0.25) is 0 Å². The largest absolute Gasteiger partial charge is 0.472 e. The molecule has 0 rings (SSSR count). The topological polar surface area (TPSA) is 108 Å². The van der Waals surface area contributed by atoms with Gasteiger partial charge in [-0.3, -0.25) is 18.6 Å². The van der Waals surface area contributed by atoms with Gasteiger partial charge in [0.1, 0.15) is 19.8 Å². The number of hydrogen-bond donors (Lipinski definition) is 1. The number of carbonyl (C=O) groups excluding carboxylic acids is 2. The summed E-state index contributed by atoms with van der Waals surface area (Å²) in [5, 5.41) is 0. The summed E-state index contributed by atoms with van der Waals surface area (Å²) < 4.78 is 34.8. The summed E-state index contributed by atoms with van der Waals surface area (Å²) in [6.07, 6.45) is 95.1. The molecule has 528 valence electrons. The molecule has 0 fully saturated rings. The summed E-state index contributed by atoms with van der Waals surface area (Å²) in [5.74, 6) is -0.773. The van der Waals surface area contributed by atoms with E-state index in [9.17, 15) is 19.0 Å². The third-order valence-electron chi connectivity index (χ3n) is 17.6. The molecule has 0 aromatic heterocycles. The molecule has 2 atom stereocenters. The van der Waals surface area contributed by atoms with Crippen LogP contribution in [0.5, 0.6) is 0 Å². The lowest BCUT2D eigenvalue weighted by Crippen LogP contribution is -2.37. The average Bonchev–Trinajstić information content (AvgIpc) is 3.58. The summed E-state index contributed by atoms with van der Waals surface area (Å²) in [4.78, 5) is 36.0. The van der Waals surface area contributed by atoms with Crippen LogP contribution in [0, 0.1) is 0 Å². The van der Waals surface area contributed by atoms with Crippen molar-refractivity contribution in [1.82, 2.24) is 0 Å². The van der Waals surface area contributed by atoms with Crippen molar-refractivity contribution in [2.45, 2.75) is 392 Å². The molecule has 10 heteroatoms. The van der Waals surface area contributed by atoms with Gasteiger partial charge in [0.05, 0.1) is 27.7 Å². The van der Waals surface area contributed by atoms with Crippen LogP contribution in [-0.2, 0) is 32.7 Å². The van der Waals surface area contributed by atoms with E-state index in [0.29, 0.717) is 23.9 Å². The van der Waals surface area contributed by atoms with Gasteiger partial charge in [0.25, 0.3) is 0 Å². The van der Waals surface area contributed by atoms with E-state index >= 15 is 0 Å². The van der Waals surface area contributed by atoms with E-state index in [0.717, 1.165) is 64.2 Å². The fraction of sp³-hybridized carbons (Fsp3) is 0.850. The number of rotatable bonds is 73. The quantitative estimate of drug-likeness (QED) is 0.0211. The Bertz CT molecular complexity index is 1700. The number of hydrogen-bond acceptors (Lipinski definition) is 7. The van der Waals surface area contributed by atoms with Crippen LogP contribution in [-0.4, -0.2) is 74.9 Å². The number of likely N-dealkylation sites (N-methyl/N-ethyl adjacent to an activating group) is 1. The minimum Gasteiger partial charge on any atom is -0.462 e. The number of phosphoric acid groups is 1. The van der Waals surface area contributed by atoms with Gasteiger partial charge in [-0.15, -0.1) is 0 Å². The lowest BCUT2D eigenvalue weighted by Gasteiger charge is -2.24. The molecule has 0 spiro atoms. The third-order valence-corrected chi connectivity index (χ3v) is 18.5. The van der Waals surface area contributed by atoms with Crippen LogP contribution < -0.4 is 0 Å². The number of quaternary nitrogens is 1. The van der Waals surface area contributed by atoms with Crippen LogP contribution in [0.25, 0.3) is 0 Å². The molecule has 1 N–H and O–H groups in total. The Morgan fingerprint density at radius 1 is 0.356 bits per heavy atom. The summed E-state index contributed by atoms with van der Waals surface area (Å²) in [6.45, 7) is 4.40. The highest BCUT2D eigenvalue weighted by Crippen LogP contribution is 2.43. The predicted molar refractivity (Wildman–Crippen MR) is 390 cm³/mol. The maximum absolute atomic E-state index is 12.9. The van der Waals surface area contributed by atoms with Crippen molar-refractivity contribution in [3.8, 4) is 0 Å². The van der Waals surface area contributed by atoms with Gasteiger partial charge in [0.15, 0.2) is 6.10 Å². The molecule has 0 aromatic rings. The average molecular weight is 1290 g/mol. The molecule has 0 bridgehead atoms. The number of unbranched alkanes of at least 4 members (excludes halogenated alkanes) is 49. The predicted octanol–water partition coefficient (Wildman–Crippen LogP) is 25.7. The van der Waals surface area contributed by atoms with Gasteiger partial charge in [-0.05, 0) is 57.8 Å². The van der Waals surface area contributed by atoms with E-state index in [-0.39, 0.29) is 25.6 Å². The van der Waals surface area contributed by atoms with E-state index in [1.54, 1.807) is 0 Å². The van der Waals surface area contributed by atoms with Crippen LogP contribution in [0.2, 0.25) is 0 Å². The summed E-state index contributed by atoms with van der Waals surface area (Å²) >= 11 is 0. The standard InChI is InChI=1S/C80H150NO8P/c1-6-8-10-12-14-16-18-20-22-24-26-28-30-32-34-36-37-38-39-40-41-42-43-45-47-49-51-53-55-57-59-61-63-65-67-69-71-73-80(83)89-78(77-88-90(84,85)87-75-74-81(3,4)5)76-86-79(82)72-70-68-66-64-62-60-58-56-54-52-50-48-46-44-35-33-31-29-27-25-23-21-19-17-15-13-11-9-7-2/h8,10,14,16,20,22,26,28,32,34,78H,6-7,9,11-13,15,17-19,21,23-25,27,29-31,33,35-77H2,1-5H3/p+1/b10-8-,16-14-,22-20-,28-26-,34-32-. The third kappa shape index (κ3) is 74.7.